The quantitative estimate of drug-likeness (QED) is 0.657. The van der Waals surface area contributed by atoms with E-state index in [9.17, 15) is 0 Å². The van der Waals surface area contributed by atoms with Crippen LogP contribution in [0.4, 0.5) is 5.69 Å². The van der Waals surface area contributed by atoms with Crippen molar-refractivity contribution in [1.29, 1.82) is 0 Å². The summed E-state index contributed by atoms with van der Waals surface area (Å²) >= 11 is 0. The Bertz CT molecular complexity index is 678. The van der Waals surface area contributed by atoms with Crippen LogP contribution in [0.5, 0.6) is 5.75 Å². The number of ether oxygens (including phenoxy) is 1. The lowest BCUT2D eigenvalue weighted by Gasteiger charge is -2.34. The second kappa shape index (κ2) is 6.23. The number of rotatable bonds is 5. The zero-order valence-corrected chi connectivity index (χ0v) is 12.6. The highest BCUT2D eigenvalue weighted by Crippen LogP contribution is 2.41. The Morgan fingerprint density at radius 1 is 1.45 bits per heavy atom. The van der Waals surface area contributed by atoms with Crippen LogP contribution in [0.15, 0.2) is 42.7 Å². The summed E-state index contributed by atoms with van der Waals surface area (Å²) in [6, 6.07) is 6.10. The molecule has 0 amide bonds. The first-order valence-corrected chi connectivity index (χ1v) is 7.49. The molecule has 1 aliphatic rings. The second-order valence-corrected chi connectivity index (χ2v) is 5.56. The molecular weight excluding hydrogens is 278 g/mol. The molecule has 5 nitrogen and oxygen atoms in total. The summed E-state index contributed by atoms with van der Waals surface area (Å²) in [7, 11) is 1.63. The van der Waals surface area contributed by atoms with E-state index in [1.165, 1.54) is 0 Å². The number of para-hydroxylation sites is 1. The lowest BCUT2D eigenvalue weighted by atomic mass is 9.79. The number of allylic oxidation sites excluding steroid dienone is 1. The van der Waals surface area contributed by atoms with Crippen LogP contribution < -0.4 is 10.5 Å². The molecule has 2 aromatic rings. The highest BCUT2D eigenvalue weighted by atomic mass is 16.5. The largest absolute Gasteiger partial charge is 0.494 e. The maximum Gasteiger partial charge on any atom is 0.149 e. The van der Waals surface area contributed by atoms with Crippen molar-refractivity contribution in [3.8, 4) is 16.9 Å². The lowest BCUT2D eigenvalue weighted by Crippen LogP contribution is -2.27. The first-order valence-electron chi connectivity index (χ1n) is 7.49. The van der Waals surface area contributed by atoms with Gasteiger partial charge in [0, 0.05) is 17.3 Å². The zero-order chi connectivity index (χ0) is 15.5. The van der Waals surface area contributed by atoms with Gasteiger partial charge in [0.25, 0.3) is 0 Å². The van der Waals surface area contributed by atoms with E-state index in [-0.39, 0.29) is 6.61 Å². The topological polar surface area (TPSA) is 73.3 Å². The van der Waals surface area contributed by atoms with Crippen molar-refractivity contribution in [2.75, 3.05) is 19.5 Å². The van der Waals surface area contributed by atoms with E-state index >= 15 is 0 Å². The summed E-state index contributed by atoms with van der Waals surface area (Å²) in [6.07, 6.45) is 10.0. The van der Waals surface area contributed by atoms with Crippen molar-refractivity contribution in [2.24, 2.45) is 5.92 Å². The number of anilines is 1. The van der Waals surface area contributed by atoms with E-state index in [1.807, 2.05) is 41.4 Å². The highest BCUT2D eigenvalue weighted by molar-refractivity contribution is 5.76. The molecule has 1 heterocycles. The van der Waals surface area contributed by atoms with E-state index in [0.29, 0.717) is 23.4 Å². The van der Waals surface area contributed by atoms with Crippen molar-refractivity contribution in [2.45, 2.75) is 18.9 Å². The number of aliphatic hydroxyl groups is 1. The molecule has 3 rings (SSSR count). The molecule has 0 saturated heterocycles. The number of nitrogens with zero attached hydrogens (tertiary/aromatic N) is 2. The predicted octanol–water partition coefficient (Wildman–Crippen LogP) is 2.64. The van der Waals surface area contributed by atoms with Gasteiger partial charge in [0.05, 0.1) is 31.6 Å². The SMILES string of the molecule is COc1c(N)cccc1-c1cnn([C@@H]2CCC2/C=C\CO)c1. The highest BCUT2D eigenvalue weighted by Gasteiger charge is 2.31. The predicted molar refractivity (Wildman–Crippen MR) is 86.6 cm³/mol. The van der Waals surface area contributed by atoms with E-state index in [0.717, 1.165) is 24.0 Å². The van der Waals surface area contributed by atoms with Crippen LogP contribution in [-0.4, -0.2) is 28.6 Å². The molecular formula is C17H21N3O2. The number of hydrogen-bond acceptors (Lipinski definition) is 4. The molecule has 5 heteroatoms. The summed E-state index contributed by atoms with van der Waals surface area (Å²) in [4.78, 5) is 0. The van der Waals surface area contributed by atoms with E-state index in [4.69, 9.17) is 15.6 Å². The average molecular weight is 299 g/mol. The fourth-order valence-electron chi connectivity index (χ4n) is 2.97. The smallest absolute Gasteiger partial charge is 0.149 e. The van der Waals surface area contributed by atoms with E-state index in [1.54, 1.807) is 7.11 Å². The summed E-state index contributed by atoms with van der Waals surface area (Å²) in [5.41, 5.74) is 8.55. The minimum absolute atomic E-state index is 0.0913. The molecule has 0 aliphatic heterocycles. The Morgan fingerprint density at radius 3 is 3.00 bits per heavy atom. The second-order valence-electron chi connectivity index (χ2n) is 5.56. The molecule has 22 heavy (non-hydrogen) atoms. The summed E-state index contributed by atoms with van der Waals surface area (Å²) in [5.74, 6) is 1.13. The number of nitrogen functional groups attached to an aromatic ring is 1. The first-order chi connectivity index (χ1) is 10.7. The van der Waals surface area contributed by atoms with Crippen molar-refractivity contribution < 1.29 is 9.84 Å². The van der Waals surface area contributed by atoms with Crippen LogP contribution in [-0.2, 0) is 0 Å². The monoisotopic (exact) mass is 299 g/mol. The van der Waals surface area contributed by atoms with Crippen molar-refractivity contribution >= 4 is 5.69 Å². The Morgan fingerprint density at radius 2 is 2.32 bits per heavy atom. The Balaban J connectivity index is 1.86. The van der Waals surface area contributed by atoms with Crippen LogP contribution in [0.3, 0.4) is 0 Å². The van der Waals surface area contributed by atoms with Crippen LogP contribution in [0.25, 0.3) is 11.1 Å². The zero-order valence-electron chi connectivity index (χ0n) is 12.6. The lowest BCUT2D eigenvalue weighted by molar-refractivity contribution is 0.211. The summed E-state index contributed by atoms with van der Waals surface area (Å²) in [5, 5.41) is 13.4. The molecule has 0 spiro atoms. The van der Waals surface area contributed by atoms with Crippen LogP contribution in [0.2, 0.25) is 0 Å². The molecule has 1 aliphatic carbocycles. The molecule has 3 N–H and O–H groups in total. The van der Waals surface area contributed by atoms with Gasteiger partial charge in [0.1, 0.15) is 5.75 Å². The molecule has 1 aromatic heterocycles. The Kier molecular flexibility index (Phi) is 4.15. The van der Waals surface area contributed by atoms with Gasteiger partial charge in [-0.25, -0.2) is 0 Å². The molecule has 1 unspecified atom stereocenters. The molecule has 2 atom stereocenters. The summed E-state index contributed by atoms with van der Waals surface area (Å²) < 4.78 is 7.42. The maximum absolute atomic E-state index is 8.89. The fraction of sp³-hybridized carbons (Fsp3) is 0.353. The van der Waals surface area contributed by atoms with Gasteiger partial charge >= 0.3 is 0 Å². The Labute approximate surface area is 130 Å². The standard InChI is InChI=1S/C17H21N3O2/c1-22-17-14(5-2-6-15(17)18)13-10-19-20(11-13)16-8-7-12(16)4-3-9-21/h2-6,10-12,16,21H,7-9,18H2,1H3/b4-3-/t12?,16-/m1/s1. The van der Waals surface area contributed by atoms with Crippen LogP contribution in [0, 0.1) is 5.92 Å². The van der Waals surface area contributed by atoms with Gasteiger partial charge in [-0.05, 0) is 24.8 Å². The number of hydrogen-bond donors (Lipinski definition) is 2. The number of nitrogens with two attached hydrogens (primary N) is 1. The van der Waals surface area contributed by atoms with Gasteiger partial charge in [-0.1, -0.05) is 24.3 Å². The first kappa shape index (κ1) is 14.7. The normalized spacial score (nSPS) is 21.0. The van der Waals surface area contributed by atoms with Gasteiger partial charge < -0.3 is 15.6 Å². The van der Waals surface area contributed by atoms with Crippen LogP contribution >= 0.6 is 0 Å². The third-order valence-corrected chi connectivity index (χ3v) is 4.28. The maximum atomic E-state index is 8.89. The van der Waals surface area contributed by atoms with Gasteiger partial charge in [-0.15, -0.1) is 0 Å². The van der Waals surface area contributed by atoms with Crippen molar-refractivity contribution in [1.82, 2.24) is 9.78 Å². The molecule has 1 saturated carbocycles. The van der Waals surface area contributed by atoms with Crippen LogP contribution in [0.1, 0.15) is 18.9 Å². The Hall–Kier alpha value is -2.27. The molecule has 1 aromatic carbocycles. The molecule has 116 valence electrons. The summed E-state index contributed by atoms with van der Waals surface area (Å²) in [6.45, 7) is 0.0913. The minimum atomic E-state index is 0.0913. The average Bonchev–Trinajstić information content (AvgIpc) is 2.95. The van der Waals surface area contributed by atoms with Gasteiger partial charge in [-0.3, -0.25) is 4.68 Å². The third-order valence-electron chi connectivity index (χ3n) is 4.28. The third kappa shape index (κ3) is 2.60. The number of aliphatic hydroxyl groups excluding tert-OH is 1. The molecule has 0 bridgehead atoms. The van der Waals surface area contributed by atoms with E-state index < -0.39 is 0 Å². The van der Waals surface area contributed by atoms with Gasteiger partial charge in [-0.2, -0.15) is 5.10 Å². The number of benzene rings is 1. The fourth-order valence-corrected chi connectivity index (χ4v) is 2.97. The van der Waals surface area contributed by atoms with Gasteiger partial charge in [0.15, 0.2) is 0 Å². The van der Waals surface area contributed by atoms with Crippen molar-refractivity contribution in [3.63, 3.8) is 0 Å². The van der Waals surface area contributed by atoms with Gasteiger partial charge in [0.2, 0.25) is 0 Å². The molecule has 0 radical (unpaired) electrons. The number of methoxy groups -OCH3 is 1. The number of aromatic nitrogens is 2. The minimum Gasteiger partial charge on any atom is -0.494 e. The molecule has 1 fully saturated rings. The van der Waals surface area contributed by atoms with Crippen molar-refractivity contribution in [3.05, 3.63) is 42.7 Å². The van der Waals surface area contributed by atoms with E-state index in [2.05, 4.69) is 11.2 Å².